The van der Waals surface area contributed by atoms with E-state index in [4.69, 9.17) is 10.5 Å². The van der Waals surface area contributed by atoms with Gasteiger partial charge in [-0.1, -0.05) is 30.3 Å². The van der Waals surface area contributed by atoms with Crippen LogP contribution in [0.25, 0.3) is 11.3 Å². The third-order valence-corrected chi connectivity index (χ3v) is 2.25. The van der Waals surface area contributed by atoms with Crippen molar-refractivity contribution in [1.82, 2.24) is 4.98 Å². The highest BCUT2D eigenvalue weighted by Crippen LogP contribution is 2.28. The van der Waals surface area contributed by atoms with Crippen LogP contribution in [0.3, 0.4) is 0 Å². The number of aryl methyl sites for hydroxylation is 1. The van der Waals surface area contributed by atoms with E-state index in [2.05, 4.69) is 4.98 Å². The number of carbonyl (C=O) groups excluding carboxylic acids is 1. The van der Waals surface area contributed by atoms with E-state index >= 15 is 0 Å². The molecule has 0 aliphatic carbocycles. The van der Waals surface area contributed by atoms with Gasteiger partial charge in [0.2, 0.25) is 0 Å². The topological polar surface area (TPSA) is 65.2 Å². The Bertz CT molecular complexity index is 538. The molecule has 17 heavy (non-hydrogen) atoms. The van der Waals surface area contributed by atoms with Gasteiger partial charge >= 0.3 is 6.09 Å². The fourth-order valence-electron chi connectivity index (χ4n) is 1.54. The highest BCUT2D eigenvalue weighted by Gasteiger charge is 2.10. The average molecular weight is 228 g/mol. The van der Waals surface area contributed by atoms with E-state index in [1.165, 1.54) is 0 Å². The van der Waals surface area contributed by atoms with Crippen LogP contribution in [0.4, 0.5) is 4.79 Å². The Morgan fingerprint density at radius 3 is 2.65 bits per heavy atom. The fourth-order valence-corrected chi connectivity index (χ4v) is 1.54. The van der Waals surface area contributed by atoms with Crippen molar-refractivity contribution in [2.45, 2.75) is 6.92 Å². The van der Waals surface area contributed by atoms with Crippen LogP contribution in [0, 0.1) is 6.92 Å². The second-order valence-corrected chi connectivity index (χ2v) is 3.65. The first-order valence-electron chi connectivity index (χ1n) is 5.16. The van der Waals surface area contributed by atoms with Crippen LogP contribution in [0.2, 0.25) is 0 Å². The molecule has 0 aliphatic rings. The highest BCUT2D eigenvalue weighted by atomic mass is 16.5. The first-order chi connectivity index (χ1) is 8.16. The number of hydrogen-bond acceptors (Lipinski definition) is 3. The summed E-state index contributed by atoms with van der Waals surface area (Å²) in [6.45, 7) is 1.87. The summed E-state index contributed by atoms with van der Waals surface area (Å²) in [5, 5.41) is 0. The molecular formula is C13H12N2O2. The van der Waals surface area contributed by atoms with Gasteiger partial charge in [0.15, 0.2) is 5.75 Å². The molecule has 0 fully saturated rings. The van der Waals surface area contributed by atoms with E-state index in [0.717, 1.165) is 11.1 Å². The van der Waals surface area contributed by atoms with Gasteiger partial charge in [0, 0.05) is 11.8 Å². The van der Waals surface area contributed by atoms with Gasteiger partial charge in [-0.2, -0.15) is 0 Å². The Morgan fingerprint density at radius 1 is 1.29 bits per heavy atom. The Balaban J connectivity index is 2.50. The van der Waals surface area contributed by atoms with Crippen molar-refractivity contribution < 1.29 is 9.53 Å². The average Bonchev–Trinajstić information content (AvgIpc) is 2.29. The third kappa shape index (κ3) is 2.60. The molecule has 0 bridgehead atoms. The maximum Gasteiger partial charge on any atom is 0.410 e. The summed E-state index contributed by atoms with van der Waals surface area (Å²) >= 11 is 0. The van der Waals surface area contributed by atoms with Crippen LogP contribution in [0.15, 0.2) is 42.6 Å². The quantitative estimate of drug-likeness (QED) is 0.858. The molecule has 1 aromatic heterocycles. The zero-order valence-electron chi connectivity index (χ0n) is 9.38. The number of pyridine rings is 1. The molecule has 0 spiro atoms. The van der Waals surface area contributed by atoms with Gasteiger partial charge in [-0.15, -0.1) is 0 Å². The first-order valence-corrected chi connectivity index (χ1v) is 5.16. The molecule has 0 saturated carbocycles. The van der Waals surface area contributed by atoms with Gasteiger partial charge in [-0.25, -0.2) is 4.79 Å². The number of hydrogen-bond donors (Lipinski definition) is 1. The fraction of sp³-hybridized carbons (Fsp3) is 0.0769. The lowest BCUT2D eigenvalue weighted by atomic mass is 10.1. The second-order valence-electron chi connectivity index (χ2n) is 3.65. The van der Waals surface area contributed by atoms with Crippen molar-refractivity contribution in [1.29, 1.82) is 0 Å². The summed E-state index contributed by atoms with van der Waals surface area (Å²) in [6, 6.07) is 11.2. The van der Waals surface area contributed by atoms with Crippen molar-refractivity contribution in [3.63, 3.8) is 0 Å². The van der Waals surface area contributed by atoms with Crippen LogP contribution < -0.4 is 10.5 Å². The maximum absolute atomic E-state index is 10.8. The van der Waals surface area contributed by atoms with E-state index in [1.54, 1.807) is 12.3 Å². The molecule has 86 valence electrons. The van der Waals surface area contributed by atoms with Crippen molar-refractivity contribution in [2.75, 3.05) is 0 Å². The van der Waals surface area contributed by atoms with Crippen LogP contribution >= 0.6 is 0 Å². The zero-order chi connectivity index (χ0) is 12.3. The van der Waals surface area contributed by atoms with E-state index in [1.807, 2.05) is 37.3 Å². The number of amides is 1. The molecule has 0 radical (unpaired) electrons. The summed E-state index contributed by atoms with van der Waals surface area (Å²) < 4.78 is 4.96. The second kappa shape index (κ2) is 4.65. The number of aromatic nitrogens is 1. The molecule has 2 N–H and O–H groups in total. The van der Waals surface area contributed by atoms with Gasteiger partial charge in [0.25, 0.3) is 0 Å². The van der Waals surface area contributed by atoms with E-state index in [0.29, 0.717) is 11.4 Å². The molecule has 1 amide bonds. The predicted octanol–water partition coefficient (Wildman–Crippen LogP) is 2.51. The third-order valence-electron chi connectivity index (χ3n) is 2.25. The van der Waals surface area contributed by atoms with Gasteiger partial charge in [0.1, 0.15) is 5.69 Å². The van der Waals surface area contributed by atoms with Gasteiger partial charge in [0.05, 0.1) is 0 Å². The monoisotopic (exact) mass is 228 g/mol. The summed E-state index contributed by atoms with van der Waals surface area (Å²) in [4.78, 5) is 15.1. The standard InChI is InChI=1S/C13H12N2O2/c1-9-7-11(17-13(14)16)12(15-8-9)10-5-3-2-4-6-10/h2-8H,1H3,(H2,14,16). The molecular weight excluding hydrogens is 216 g/mol. The SMILES string of the molecule is Cc1cnc(-c2ccccc2)c(OC(N)=O)c1. The molecule has 2 aromatic rings. The minimum atomic E-state index is -0.838. The number of primary amides is 1. The summed E-state index contributed by atoms with van der Waals surface area (Å²) in [7, 11) is 0. The van der Waals surface area contributed by atoms with Crippen LogP contribution in [0.1, 0.15) is 5.56 Å². The maximum atomic E-state index is 10.8. The number of carbonyl (C=O) groups is 1. The van der Waals surface area contributed by atoms with Crippen LogP contribution in [-0.4, -0.2) is 11.1 Å². The Kier molecular flexibility index (Phi) is 3.05. The summed E-state index contributed by atoms with van der Waals surface area (Å²) in [6.07, 6.45) is 0.880. The first kappa shape index (κ1) is 11.1. The molecule has 0 unspecified atom stereocenters. The number of nitrogens with two attached hydrogens (primary N) is 1. The molecule has 0 atom stereocenters. The normalized spacial score (nSPS) is 9.94. The van der Waals surface area contributed by atoms with Crippen molar-refractivity contribution >= 4 is 6.09 Å². The van der Waals surface area contributed by atoms with Crippen LogP contribution in [-0.2, 0) is 0 Å². The Hall–Kier alpha value is -2.36. The minimum Gasteiger partial charge on any atom is -0.408 e. The summed E-state index contributed by atoms with van der Waals surface area (Å²) in [5.41, 5.74) is 7.42. The minimum absolute atomic E-state index is 0.378. The lowest BCUT2D eigenvalue weighted by molar-refractivity contribution is 0.211. The molecule has 0 aliphatic heterocycles. The van der Waals surface area contributed by atoms with Gasteiger partial charge < -0.3 is 10.5 Å². The number of rotatable bonds is 2. The van der Waals surface area contributed by atoms with E-state index in [9.17, 15) is 4.79 Å². The smallest absolute Gasteiger partial charge is 0.408 e. The lowest BCUT2D eigenvalue weighted by Crippen LogP contribution is -2.17. The molecule has 1 heterocycles. The molecule has 0 saturated heterocycles. The predicted molar refractivity (Wildman–Crippen MR) is 64.6 cm³/mol. The van der Waals surface area contributed by atoms with Crippen molar-refractivity contribution in [2.24, 2.45) is 5.73 Å². The van der Waals surface area contributed by atoms with E-state index in [-0.39, 0.29) is 0 Å². The number of ether oxygens (including phenoxy) is 1. The van der Waals surface area contributed by atoms with Crippen molar-refractivity contribution in [3.05, 3.63) is 48.2 Å². The highest BCUT2D eigenvalue weighted by molar-refractivity contribution is 5.74. The number of nitrogens with zero attached hydrogens (tertiary/aromatic N) is 1. The molecule has 2 rings (SSSR count). The van der Waals surface area contributed by atoms with Crippen molar-refractivity contribution in [3.8, 4) is 17.0 Å². The van der Waals surface area contributed by atoms with Crippen LogP contribution in [0.5, 0.6) is 5.75 Å². The lowest BCUT2D eigenvalue weighted by Gasteiger charge is -2.08. The zero-order valence-corrected chi connectivity index (χ0v) is 9.38. The Morgan fingerprint density at radius 2 is 2.00 bits per heavy atom. The summed E-state index contributed by atoms with van der Waals surface area (Å²) in [5.74, 6) is 0.378. The Labute approximate surface area is 99.1 Å². The molecule has 4 nitrogen and oxygen atoms in total. The van der Waals surface area contributed by atoms with Gasteiger partial charge in [-0.3, -0.25) is 4.98 Å². The largest absolute Gasteiger partial charge is 0.410 e. The van der Waals surface area contributed by atoms with Gasteiger partial charge in [-0.05, 0) is 18.6 Å². The number of benzene rings is 1. The molecule has 4 heteroatoms. The molecule has 1 aromatic carbocycles. The van der Waals surface area contributed by atoms with E-state index < -0.39 is 6.09 Å².